The first-order valence-electron chi connectivity index (χ1n) is 10.2. The van der Waals surface area contributed by atoms with Gasteiger partial charge in [-0.2, -0.15) is 5.10 Å². The van der Waals surface area contributed by atoms with Gasteiger partial charge in [-0.3, -0.25) is 4.99 Å². The number of rotatable bonds is 7. The van der Waals surface area contributed by atoms with Crippen LogP contribution in [0.4, 0.5) is 0 Å². The van der Waals surface area contributed by atoms with Gasteiger partial charge in [-0.1, -0.05) is 24.3 Å². The number of hydrogen-bond acceptors (Lipinski definition) is 5. The number of aryl methyl sites for hydroxylation is 1. The molecule has 0 aliphatic carbocycles. The van der Waals surface area contributed by atoms with Crippen LogP contribution in [0.2, 0.25) is 0 Å². The highest BCUT2D eigenvalue weighted by atomic mass is 127. The molecule has 0 saturated carbocycles. The number of aliphatic imine (C=N–C) groups is 1. The molecule has 4 rings (SSSR count). The average molecular weight is 536 g/mol. The van der Waals surface area contributed by atoms with Crippen LogP contribution in [0.1, 0.15) is 29.2 Å². The molecule has 2 aromatic heterocycles. The lowest BCUT2D eigenvalue weighted by molar-refractivity contribution is 0.177. The van der Waals surface area contributed by atoms with Crippen molar-refractivity contribution in [3.05, 3.63) is 65.8 Å². The van der Waals surface area contributed by atoms with Crippen LogP contribution in [0.25, 0.3) is 0 Å². The molecular weight excluding hydrogens is 507 g/mol. The molecule has 0 spiro atoms. The predicted molar refractivity (Wildman–Crippen MR) is 129 cm³/mol. The number of halogens is 1. The number of nitrogens with one attached hydrogen (secondary N) is 2. The summed E-state index contributed by atoms with van der Waals surface area (Å²) < 4.78 is 9.17. The quantitative estimate of drug-likeness (QED) is 0.273. The predicted octanol–water partition coefficient (Wildman–Crippen LogP) is 1.97. The summed E-state index contributed by atoms with van der Waals surface area (Å²) >= 11 is 0. The monoisotopic (exact) mass is 536 g/mol. The van der Waals surface area contributed by atoms with Gasteiger partial charge in [0.15, 0.2) is 11.8 Å². The van der Waals surface area contributed by atoms with Crippen LogP contribution in [0.3, 0.4) is 0 Å². The third kappa shape index (κ3) is 6.26. The lowest BCUT2D eigenvalue weighted by Gasteiger charge is -2.25. The highest BCUT2D eigenvalue weighted by Crippen LogP contribution is 2.13. The lowest BCUT2D eigenvalue weighted by Crippen LogP contribution is -2.46. The van der Waals surface area contributed by atoms with Gasteiger partial charge in [-0.25, -0.2) is 14.6 Å². The second-order valence-corrected chi connectivity index (χ2v) is 7.42. The van der Waals surface area contributed by atoms with E-state index in [1.165, 1.54) is 11.1 Å². The smallest absolute Gasteiger partial charge is 0.191 e. The van der Waals surface area contributed by atoms with Crippen LogP contribution in [0.15, 0.2) is 48.0 Å². The topological polar surface area (TPSA) is 94.2 Å². The van der Waals surface area contributed by atoms with Crippen molar-refractivity contribution in [2.75, 3.05) is 14.2 Å². The maximum absolute atomic E-state index is 5.14. The van der Waals surface area contributed by atoms with Crippen LogP contribution in [0.5, 0.6) is 0 Å². The summed E-state index contributed by atoms with van der Waals surface area (Å²) in [6.07, 6.45) is 7.49. The molecule has 1 aromatic carbocycles. The number of ether oxygens (including phenoxy) is 1. The molecule has 0 fully saturated rings. The van der Waals surface area contributed by atoms with E-state index < -0.39 is 0 Å². The van der Waals surface area contributed by atoms with E-state index in [0.717, 1.165) is 43.5 Å². The summed E-state index contributed by atoms with van der Waals surface area (Å²) in [7, 11) is 3.46. The van der Waals surface area contributed by atoms with Crippen LogP contribution in [-0.4, -0.2) is 50.5 Å². The maximum Gasteiger partial charge on any atom is 0.191 e. The van der Waals surface area contributed by atoms with Crippen molar-refractivity contribution in [1.29, 1.82) is 0 Å². The highest BCUT2D eigenvalue weighted by Gasteiger charge is 2.22. The number of benzene rings is 1. The first-order chi connectivity index (χ1) is 14.7. The van der Waals surface area contributed by atoms with Crippen LogP contribution in [0, 0.1) is 0 Å². The van der Waals surface area contributed by atoms with Gasteiger partial charge in [0, 0.05) is 52.1 Å². The Morgan fingerprint density at radius 3 is 2.97 bits per heavy atom. The Bertz CT molecular complexity index is 985. The summed E-state index contributed by atoms with van der Waals surface area (Å²) in [5.41, 5.74) is 2.45. The van der Waals surface area contributed by atoms with Gasteiger partial charge in [0.05, 0.1) is 12.9 Å². The fraction of sp³-hybridized carbons (Fsp3) is 0.429. The second kappa shape index (κ2) is 11.2. The molecule has 166 valence electrons. The van der Waals surface area contributed by atoms with E-state index in [-0.39, 0.29) is 30.0 Å². The van der Waals surface area contributed by atoms with Crippen LogP contribution < -0.4 is 10.6 Å². The Kier molecular flexibility index (Phi) is 8.41. The van der Waals surface area contributed by atoms with Crippen molar-refractivity contribution in [2.45, 2.75) is 45.1 Å². The van der Waals surface area contributed by atoms with E-state index in [9.17, 15) is 0 Å². The van der Waals surface area contributed by atoms with E-state index in [1.807, 2.05) is 17.2 Å². The van der Waals surface area contributed by atoms with E-state index in [1.54, 1.807) is 20.4 Å². The lowest BCUT2D eigenvalue weighted by atomic mass is 10.1. The molecule has 3 heterocycles. The number of aromatic nitrogens is 5. The summed E-state index contributed by atoms with van der Waals surface area (Å²) in [6.45, 7) is 2.74. The largest absolute Gasteiger partial charge is 0.377 e. The molecule has 0 amide bonds. The minimum absolute atomic E-state index is 0. The first kappa shape index (κ1) is 23.2. The van der Waals surface area contributed by atoms with Gasteiger partial charge in [-0.05, 0) is 17.5 Å². The summed E-state index contributed by atoms with van der Waals surface area (Å²) in [5, 5.41) is 11.5. The summed E-state index contributed by atoms with van der Waals surface area (Å²) in [6, 6.07) is 8.81. The number of fused-ring (bicyclic) bond motifs is 1. The van der Waals surface area contributed by atoms with E-state index in [0.29, 0.717) is 13.2 Å². The van der Waals surface area contributed by atoms with Gasteiger partial charge < -0.3 is 19.9 Å². The Morgan fingerprint density at radius 2 is 2.19 bits per heavy atom. The molecule has 0 bridgehead atoms. The molecule has 31 heavy (non-hydrogen) atoms. The minimum atomic E-state index is 0. The maximum atomic E-state index is 5.14. The van der Waals surface area contributed by atoms with Gasteiger partial charge >= 0.3 is 0 Å². The number of guanidine groups is 1. The van der Waals surface area contributed by atoms with E-state index >= 15 is 0 Å². The number of nitrogens with zero attached hydrogens (tertiary/aromatic N) is 6. The number of hydrogen-bond donors (Lipinski definition) is 2. The van der Waals surface area contributed by atoms with Crippen molar-refractivity contribution < 1.29 is 4.74 Å². The van der Waals surface area contributed by atoms with Crippen LogP contribution in [-0.2, 0) is 37.4 Å². The Labute approximate surface area is 199 Å². The van der Waals surface area contributed by atoms with Crippen molar-refractivity contribution in [1.82, 2.24) is 34.9 Å². The SMILES string of the molecule is CN=C(NCc1cccc(Cn2ccnc2)c1)NC1CCc2nc(COC)nn2C1.I. The molecule has 0 saturated heterocycles. The van der Waals surface area contributed by atoms with Crippen LogP contribution >= 0.6 is 24.0 Å². The van der Waals surface area contributed by atoms with Gasteiger partial charge in [0.25, 0.3) is 0 Å². The minimum Gasteiger partial charge on any atom is -0.377 e. The van der Waals surface area contributed by atoms with Crippen molar-refractivity contribution in [3.63, 3.8) is 0 Å². The molecular formula is C21H29IN8O. The van der Waals surface area contributed by atoms with Gasteiger partial charge in [-0.15, -0.1) is 24.0 Å². The molecule has 1 aliphatic rings. The van der Waals surface area contributed by atoms with Crippen molar-refractivity contribution in [2.24, 2.45) is 4.99 Å². The molecule has 9 nitrogen and oxygen atoms in total. The third-order valence-electron chi connectivity index (χ3n) is 5.12. The van der Waals surface area contributed by atoms with Crippen molar-refractivity contribution in [3.8, 4) is 0 Å². The Balaban J connectivity index is 0.00000272. The Hall–Kier alpha value is -2.47. The number of imidazole rings is 1. The molecule has 1 aliphatic heterocycles. The van der Waals surface area contributed by atoms with Crippen molar-refractivity contribution >= 4 is 29.9 Å². The summed E-state index contributed by atoms with van der Waals surface area (Å²) in [4.78, 5) is 13.0. The number of methoxy groups -OCH3 is 1. The molecule has 0 radical (unpaired) electrons. The molecule has 10 heteroatoms. The fourth-order valence-electron chi connectivity index (χ4n) is 3.67. The molecule has 1 unspecified atom stereocenters. The molecule has 3 aromatic rings. The van der Waals surface area contributed by atoms with Gasteiger partial charge in [0.1, 0.15) is 12.4 Å². The highest BCUT2D eigenvalue weighted by molar-refractivity contribution is 14.0. The fourth-order valence-corrected chi connectivity index (χ4v) is 3.67. The molecule has 1 atom stereocenters. The average Bonchev–Trinajstić information content (AvgIpc) is 3.40. The first-order valence-corrected chi connectivity index (χ1v) is 10.2. The summed E-state index contributed by atoms with van der Waals surface area (Å²) in [5.74, 6) is 2.56. The van der Waals surface area contributed by atoms with E-state index in [2.05, 4.69) is 59.5 Å². The third-order valence-corrected chi connectivity index (χ3v) is 5.12. The zero-order valence-electron chi connectivity index (χ0n) is 17.9. The standard InChI is InChI=1S/C21H28N8O.HI/c1-22-21(25-18-6-7-20-26-19(14-30-2)27-29(20)13-18)24-11-16-4-3-5-17(10-16)12-28-9-8-23-15-28;/h3-5,8-10,15,18H,6-7,11-14H2,1-2H3,(H2,22,24,25);1H. The zero-order valence-corrected chi connectivity index (χ0v) is 20.2. The second-order valence-electron chi connectivity index (χ2n) is 7.42. The van der Waals surface area contributed by atoms with Gasteiger partial charge in [0.2, 0.25) is 0 Å². The normalized spacial score (nSPS) is 15.8. The molecule has 2 N–H and O–H groups in total. The van der Waals surface area contributed by atoms with E-state index in [4.69, 9.17) is 4.74 Å². The zero-order chi connectivity index (χ0) is 20.8. The Morgan fingerprint density at radius 1 is 1.32 bits per heavy atom.